The molecule has 0 fully saturated rings. The summed E-state index contributed by atoms with van der Waals surface area (Å²) in [5.74, 6) is 0.208. The van der Waals surface area contributed by atoms with Crippen molar-refractivity contribution in [1.29, 1.82) is 0 Å². The van der Waals surface area contributed by atoms with Gasteiger partial charge in [0.25, 0.3) is 0 Å². The first-order chi connectivity index (χ1) is 27.9. The van der Waals surface area contributed by atoms with Crippen LogP contribution in [-0.4, -0.2) is 48.6 Å². The molecule has 0 spiro atoms. The SMILES string of the molecule is CP(C)c1ccccc1.CP(C)c1ccccc1.Cc1ccc(-c2ccc(-c3ccc(C)cc3)c3nc(-c4ccccc4C(=O)N[C@@H](C)C(C)C)[c-]nc23)cc1.[Pd+][I]. The zero-order valence-corrected chi connectivity index (χ0v) is 40.4. The van der Waals surface area contributed by atoms with Crippen LogP contribution in [0.5, 0.6) is 0 Å². The molecule has 6 aromatic carbocycles. The standard InChI is InChI=1S/C34H32N3O.2C8H11P.HI.Pd/c1-21(2)24(5)36-34(38)30-9-7-6-8-29(30)31-20-35-32-27(25-14-10-22(3)11-15-25)18-19-28(33(32)37-31)26-16-12-23(4)13-17-26;2*1-9(2)8-6-4-3-5-7-8;;/h6-19,21,24H,1-5H3,(H,36,38);2*3-7H,1-2H3;1H;/q-1;;;;+2/p-1/t24-;;;;/m0..../s1. The van der Waals surface area contributed by atoms with E-state index in [1.165, 1.54) is 21.7 Å². The molecule has 7 rings (SSSR count). The quantitative estimate of drug-likeness (QED) is 0.0714. The fraction of sp³-hybridized carbons (Fsp3) is 0.220. The van der Waals surface area contributed by atoms with E-state index in [1.807, 2.05) is 50.7 Å². The molecule has 0 aliphatic carbocycles. The number of carbonyl (C=O) groups is 1. The third-order valence-electron chi connectivity index (χ3n) is 9.70. The van der Waals surface area contributed by atoms with Gasteiger partial charge in [0.1, 0.15) is 0 Å². The summed E-state index contributed by atoms with van der Waals surface area (Å²) in [6.07, 6.45) is 3.17. The first-order valence-corrected chi connectivity index (χ1v) is 28.4. The zero-order chi connectivity index (χ0) is 42.2. The number of fused-ring (bicyclic) bond motifs is 1. The van der Waals surface area contributed by atoms with Gasteiger partial charge in [0.15, 0.2) is 0 Å². The van der Waals surface area contributed by atoms with Crippen LogP contribution in [0.25, 0.3) is 44.5 Å². The van der Waals surface area contributed by atoms with Gasteiger partial charge in [0.2, 0.25) is 5.91 Å². The van der Waals surface area contributed by atoms with Gasteiger partial charge in [0, 0.05) is 11.6 Å². The number of carbonyl (C=O) groups excluding carboxylic acids is 1. The predicted molar refractivity (Wildman–Crippen MR) is 260 cm³/mol. The Morgan fingerprint density at radius 2 is 1.02 bits per heavy atom. The molecule has 58 heavy (non-hydrogen) atoms. The molecule has 0 saturated heterocycles. The summed E-state index contributed by atoms with van der Waals surface area (Å²) < 4.78 is 0. The Bertz CT molecular complexity index is 2280. The number of rotatable bonds is 8. The third-order valence-corrected chi connectivity index (χ3v) is 12.4. The Morgan fingerprint density at radius 3 is 1.45 bits per heavy atom. The molecule has 1 atom stereocenters. The van der Waals surface area contributed by atoms with Crippen molar-refractivity contribution in [1.82, 2.24) is 15.3 Å². The number of aryl methyl sites for hydroxylation is 2. The molecule has 0 saturated carbocycles. The van der Waals surface area contributed by atoms with Gasteiger partial charge in [-0.1, -0.05) is 192 Å². The molecule has 302 valence electrons. The fourth-order valence-electron chi connectivity index (χ4n) is 5.90. The van der Waals surface area contributed by atoms with E-state index >= 15 is 0 Å². The van der Waals surface area contributed by atoms with Gasteiger partial charge >= 0.3 is 35.1 Å². The molecule has 0 aliphatic heterocycles. The second kappa shape index (κ2) is 23.8. The number of benzene rings is 6. The van der Waals surface area contributed by atoms with E-state index in [9.17, 15) is 4.79 Å². The van der Waals surface area contributed by atoms with Crippen LogP contribution >= 0.6 is 35.4 Å². The van der Waals surface area contributed by atoms with E-state index in [4.69, 9.17) is 9.97 Å². The predicted octanol–water partition coefficient (Wildman–Crippen LogP) is 12.8. The van der Waals surface area contributed by atoms with Crippen molar-refractivity contribution in [3.8, 4) is 33.5 Å². The van der Waals surface area contributed by atoms with Crippen LogP contribution in [-0.2, 0) is 15.6 Å². The van der Waals surface area contributed by atoms with Crippen molar-refractivity contribution in [2.24, 2.45) is 5.92 Å². The molecule has 0 aliphatic rings. The van der Waals surface area contributed by atoms with Crippen LogP contribution in [0, 0.1) is 26.0 Å². The number of amides is 1. The van der Waals surface area contributed by atoms with Gasteiger partial charge in [0.05, 0.1) is 0 Å². The number of halogens is 1. The maximum atomic E-state index is 13.2. The Kier molecular flexibility index (Phi) is 19.3. The minimum atomic E-state index is -0.121. The average molecular weight is 1010 g/mol. The second-order valence-corrected chi connectivity index (χ2v) is 19.4. The van der Waals surface area contributed by atoms with Crippen LogP contribution < -0.4 is 15.9 Å². The van der Waals surface area contributed by atoms with Crippen LogP contribution in [0.1, 0.15) is 42.3 Å². The summed E-state index contributed by atoms with van der Waals surface area (Å²) in [6, 6.07) is 49.9. The first-order valence-electron chi connectivity index (χ1n) is 19.3. The molecule has 1 amide bonds. The van der Waals surface area contributed by atoms with Crippen molar-refractivity contribution in [3.63, 3.8) is 0 Å². The van der Waals surface area contributed by atoms with Crippen LogP contribution in [0.15, 0.2) is 146 Å². The molecule has 4 nitrogen and oxygen atoms in total. The van der Waals surface area contributed by atoms with E-state index in [0.29, 0.717) is 22.7 Å². The number of nitrogens with one attached hydrogen (secondary N) is 1. The zero-order valence-electron chi connectivity index (χ0n) is 34.9. The van der Waals surface area contributed by atoms with E-state index in [2.05, 4.69) is 203 Å². The Morgan fingerprint density at radius 1 is 0.586 bits per heavy atom. The van der Waals surface area contributed by atoms with Crippen molar-refractivity contribution >= 4 is 62.9 Å². The topological polar surface area (TPSA) is 54.9 Å². The van der Waals surface area contributed by atoms with Gasteiger partial charge in [-0.3, -0.25) is 9.78 Å². The number of nitrogens with zero attached hydrogens (tertiary/aromatic N) is 2. The summed E-state index contributed by atoms with van der Waals surface area (Å²) >= 11 is 4.72. The van der Waals surface area contributed by atoms with Gasteiger partial charge in [-0.2, -0.15) is 0 Å². The van der Waals surface area contributed by atoms with Crippen LogP contribution in [0.2, 0.25) is 0 Å². The summed E-state index contributed by atoms with van der Waals surface area (Å²) in [4.78, 5) is 23.2. The van der Waals surface area contributed by atoms with Crippen molar-refractivity contribution in [3.05, 3.63) is 168 Å². The molecule has 1 heterocycles. The molecule has 8 heteroatoms. The van der Waals surface area contributed by atoms with Gasteiger partial charge < -0.3 is 10.3 Å². The normalized spacial score (nSPS) is 11.2. The second-order valence-electron chi connectivity index (χ2n) is 14.8. The van der Waals surface area contributed by atoms with Crippen molar-refractivity contribution in [2.45, 2.75) is 40.7 Å². The Balaban J connectivity index is 0.000000303. The molecule has 0 unspecified atom stereocenters. The van der Waals surface area contributed by atoms with Gasteiger partial charge in [-0.25, -0.2) is 0 Å². The van der Waals surface area contributed by atoms with Crippen LogP contribution in [0.4, 0.5) is 0 Å². The number of aromatic nitrogens is 2. The molecule has 0 radical (unpaired) electrons. The first kappa shape index (κ1) is 47.1. The summed E-state index contributed by atoms with van der Waals surface area (Å²) in [7, 11) is 0.209. The summed E-state index contributed by atoms with van der Waals surface area (Å²) in [5, 5.41) is 6.08. The number of hydrogen-bond acceptors (Lipinski definition) is 3. The molecule has 1 N–H and O–H groups in total. The van der Waals surface area contributed by atoms with Crippen molar-refractivity contribution in [2.75, 3.05) is 26.7 Å². The van der Waals surface area contributed by atoms with Crippen LogP contribution in [0.3, 0.4) is 0 Å². The van der Waals surface area contributed by atoms with Gasteiger partial charge in [-0.15, -0.1) is 6.07 Å². The van der Waals surface area contributed by atoms with E-state index < -0.39 is 0 Å². The van der Waals surface area contributed by atoms with E-state index in [-0.39, 0.29) is 27.8 Å². The Hall–Kier alpha value is -3.62. The molecule has 0 bridgehead atoms. The fourth-order valence-corrected chi connectivity index (χ4v) is 7.43. The van der Waals surface area contributed by atoms with E-state index in [1.54, 1.807) is 0 Å². The Labute approximate surface area is 371 Å². The van der Waals surface area contributed by atoms with E-state index in [0.717, 1.165) is 33.3 Å². The number of hydrogen-bond donors (Lipinski definition) is 1. The van der Waals surface area contributed by atoms with Crippen molar-refractivity contribution < 1.29 is 20.4 Å². The summed E-state index contributed by atoms with van der Waals surface area (Å²) in [6.45, 7) is 19.4. The average Bonchev–Trinajstić information content (AvgIpc) is 3.25. The molecular formula is C50H54IN3OP2Pd. The minimum absolute atomic E-state index is 0.0485. The summed E-state index contributed by atoms with van der Waals surface area (Å²) in [5.41, 5.74) is 9.95. The monoisotopic (exact) mass is 1010 g/mol. The van der Waals surface area contributed by atoms with Gasteiger partial charge in [-0.05, 0) is 103 Å². The third kappa shape index (κ3) is 13.5. The molecule has 1 aromatic heterocycles. The molecular weight excluding hydrogens is 954 g/mol. The maximum absolute atomic E-state index is 13.2. The molecule has 7 aromatic rings.